The molecule has 0 N–H and O–H groups in total. The zero-order valence-corrected chi connectivity index (χ0v) is 9.16. The standard InChI is InChI=1S/C10H19NS/c1-10(2)6-11(7-12-3)5-8-4-9(8)10/h8-9H,4-7H2,1-3H3. The fourth-order valence-corrected chi connectivity index (χ4v) is 3.34. The molecular formula is C10H19NS. The van der Waals surface area contributed by atoms with E-state index in [4.69, 9.17) is 0 Å². The van der Waals surface area contributed by atoms with Gasteiger partial charge < -0.3 is 0 Å². The van der Waals surface area contributed by atoms with Gasteiger partial charge in [-0.1, -0.05) is 13.8 Å². The van der Waals surface area contributed by atoms with Gasteiger partial charge in [0.05, 0.1) is 0 Å². The molecule has 1 nitrogen and oxygen atoms in total. The zero-order valence-electron chi connectivity index (χ0n) is 8.34. The maximum atomic E-state index is 2.62. The Hall–Kier alpha value is 0.310. The van der Waals surface area contributed by atoms with Crippen molar-refractivity contribution in [3.63, 3.8) is 0 Å². The third-order valence-electron chi connectivity index (χ3n) is 3.36. The van der Waals surface area contributed by atoms with Crippen molar-refractivity contribution < 1.29 is 0 Å². The van der Waals surface area contributed by atoms with E-state index >= 15 is 0 Å². The van der Waals surface area contributed by atoms with Crippen LogP contribution in [0.25, 0.3) is 0 Å². The van der Waals surface area contributed by atoms with Crippen LogP contribution in [-0.4, -0.2) is 30.1 Å². The van der Waals surface area contributed by atoms with Gasteiger partial charge in [-0.25, -0.2) is 0 Å². The molecule has 0 spiro atoms. The highest BCUT2D eigenvalue weighted by Gasteiger charge is 2.51. The van der Waals surface area contributed by atoms with Crippen LogP contribution in [0.3, 0.4) is 0 Å². The summed E-state index contributed by atoms with van der Waals surface area (Å²) in [6.45, 7) is 7.55. The van der Waals surface area contributed by atoms with Crippen molar-refractivity contribution in [3.05, 3.63) is 0 Å². The molecule has 1 aliphatic heterocycles. The Bertz CT molecular complexity index is 179. The summed E-state index contributed by atoms with van der Waals surface area (Å²) in [5, 5.41) is 0. The summed E-state index contributed by atoms with van der Waals surface area (Å²) >= 11 is 1.96. The lowest BCUT2D eigenvalue weighted by atomic mass is 9.83. The SMILES string of the molecule is CSCN1CC2CC2C(C)(C)C1. The smallest absolute Gasteiger partial charge is 0.0441 e. The van der Waals surface area contributed by atoms with Crippen LogP contribution in [0.4, 0.5) is 0 Å². The van der Waals surface area contributed by atoms with E-state index in [0.717, 1.165) is 11.8 Å². The Morgan fingerprint density at radius 2 is 2.25 bits per heavy atom. The lowest BCUT2D eigenvalue weighted by molar-refractivity contribution is 0.124. The van der Waals surface area contributed by atoms with Gasteiger partial charge in [0, 0.05) is 19.0 Å². The first-order valence-electron chi connectivity index (χ1n) is 4.85. The van der Waals surface area contributed by atoms with Gasteiger partial charge in [-0.15, -0.1) is 11.8 Å². The summed E-state index contributed by atoms with van der Waals surface area (Å²) < 4.78 is 0. The molecule has 1 saturated heterocycles. The van der Waals surface area contributed by atoms with Gasteiger partial charge in [0.2, 0.25) is 0 Å². The summed E-state index contributed by atoms with van der Waals surface area (Å²) in [4.78, 5) is 2.62. The number of rotatable bonds is 2. The highest BCUT2D eigenvalue weighted by atomic mass is 32.2. The summed E-state index contributed by atoms with van der Waals surface area (Å²) in [5.74, 6) is 3.32. The summed E-state index contributed by atoms with van der Waals surface area (Å²) in [7, 11) is 0. The lowest BCUT2D eigenvalue weighted by Crippen LogP contribution is -2.41. The van der Waals surface area contributed by atoms with Crippen molar-refractivity contribution in [2.75, 3.05) is 25.2 Å². The van der Waals surface area contributed by atoms with Crippen LogP contribution in [0, 0.1) is 17.3 Å². The molecule has 1 saturated carbocycles. The van der Waals surface area contributed by atoms with Crippen molar-refractivity contribution in [1.82, 2.24) is 4.90 Å². The van der Waals surface area contributed by atoms with E-state index in [-0.39, 0.29) is 0 Å². The Labute approximate surface area is 79.9 Å². The number of fused-ring (bicyclic) bond motifs is 1. The van der Waals surface area contributed by atoms with E-state index in [1.165, 1.54) is 25.4 Å². The number of likely N-dealkylation sites (tertiary alicyclic amines) is 1. The average Bonchev–Trinajstić information content (AvgIpc) is 2.66. The van der Waals surface area contributed by atoms with E-state index in [1.54, 1.807) is 0 Å². The summed E-state index contributed by atoms with van der Waals surface area (Å²) in [6, 6.07) is 0. The first-order chi connectivity index (χ1) is 5.63. The van der Waals surface area contributed by atoms with E-state index in [2.05, 4.69) is 25.0 Å². The van der Waals surface area contributed by atoms with Gasteiger partial charge in [-0.2, -0.15) is 0 Å². The van der Waals surface area contributed by atoms with Crippen molar-refractivity contribution in [2.45, 2.75) is 20.3 Å². The van der Waals surface area contributed by atoms with Crippen molar-refractivity contribution in [2.24, 2.45) is 17.3 Å². The minimum absolute atomic E-state index is 0.596. The molecule has 0 bridgehead atoms. The number of thioether (sulfide) groups is 1. The molecule has 1 heterocycles. The third kappa shape index (κ3) is 1.51. The molecule has 2 atom stereocenters. The van der Waals surface area contributed by atoms with E-state index in [0.29, 0.717) is 5.41 Å². The number of nitrogens with zero attached hydrogens (tertiary/aromatic N) is 1. The quantitative estimate of drug-likeness (QED) is 0.649. The largest absolute Gasteiger partial charge is 0.293 e. The summed E-state index contributed by atoms with van der Waals surface area (Å²) in [5.41, 5.74) is 0.596. The highest BCUT2D eigenvalue weighted by Crippen LogP contribution is 2.54. The Morgan fingerprint density at radius 3 is 2.83 bits per heavy atom. The Balaban J connectivity index is 1.95. The first kappa shape index (κ1) is 8.89. The minimum atomic E-state index is 0.596. The van der Waals surface area contributed by atoms with Gasteiger partial charge >= 0.3 is 0 Å². The van der Waals surface area contributed by atoms with Crippen LogP contribution < -0.4 is 0 Å². The molecular weight excluding hydrogens is 166 g/mol. The number of hydrogen-bond donors (Lipinski definition) is 0. The Morgan fingerprint density at radius 1 is 1.50 bits per heavy atom. The van der Waals surface area contributed by atoms with Crippen LogP contribution in [0.5, 0.6) is 0 Å². The van der Waals surface area contributed by atoms with Crippen LogP contribution in [0.15, 0.2) is 0 Å². The van der Waals surface area contributed by atoms with Crippen molar-refractivity contribution in [1.29, 1.82) is 0 Å². The van der Waals surface area contributed by atoms with E-state index < -0.39 is 0 Å². The van der Waals surface area contributed by atoms with Crippen LogP contribution in [-0.2, 0) is 0 Å². The second-order valence-corrected chi connectivity index (χ2v) is 5.86. The monoisotopic (exact) mass is 185 g/mol. The molecule has 2 rings (SSSR count). The molecule has 0 amide bonds. The molecule has 1 aliphatic carbocycles. The predicted octanol–water partition coefficient (Wildman–Crippen LogP) is 2.28. The molecule has 2 fully saturated rings. The molecule has 2 aliphatic rings. The first-order valence-corrected chi connectivity index (χ1v) is 6.24. The fraction of sp³-hybridized carbons (Fsp3) is 1.00. The fourth-order valence-electron chi connectivity index (χ4n) is 2.78. The van der Waals surface area contributed by atoms with Crippen molar-refractivity contribution in [3.8, 4) is 0 Å². The van der Waals surface area contributed by atoms with Crippen molar-refractivity contribution >= 4 is 11.8 Å². The van der Waals surface area contributed by atoms with Gasteiger partial charge in [-0.3, -0.25) is 4.90 Å². The Kier molecular flexibility index (Phi) is 2.16. The third-order valence-corrected chi connectivity index (χ3v) is 3.99. The lowest BCUT2D eigenvalue weighted by Gasteiger charge is -2.37. The predicted molar refractivity (Wildman–Crippen MR) is 55.3 cm³/mol. The van der Waals surface area contributed by atoms with Gasteiger partial charge in [0.25, 0.3) is 0 Å². The second kappa shape index (κ2) is 2.91. The molecule has 70 valence electrons. The average molecular weight is 185 g/mol. The summed E-state index contributed by atoms with van der Waals surface area (Å²) in [6.07, 6.45) is 3.70. The molecule has 2 unspecified atom stereocenters. The minimum Gasteiger partial charge on any atom is -0.293 e. The van der Waals surface area contributed by atoms with E-state index in [9.17, 15) is 0 Å². The zero-order chi connectivity index (χ0) is 8.77. The van der Waals surface area contributed by atoms with Crippen LogP contribution in [0.2, 0.25) is 0 Å². The number of piperidine rings is 1. The van der Waals surface area contributed by atoms with Gasteiger partial charge in [-0.05, 0) is 29.9 Å². The number of hydrogen-bond acceptors (Lipinski definition) is 2. The maximum absolute atomic E-state index is 2.62. The highest BCUT2D eigenvalue weighted by molar-refractivity contribution is 7.98. The normalized spacial score (nSPS) is 39.2. The molecule has 0 aromatic heterocycles. The van der Waals surface area contributed by atoms with Gasteiger partial charge in [0.1, 0.15) is 0 Å². The van der Waals surface area contributed by atoms with Crippen LogP contribution in [0.1, 0.15) is 20.3 Å². The molecule has 0 aromatic rings. The van der Waals surface area contributed by atoms with Gasteiger partial charge in [0.15, 0.2) is 0 Å². The molecule has 2 heteroatoms. The second-order valence-electron chi connectivity index (χ2n) is 5.02. The maximum Gasteiger partial charge on any atom is 0.0441 e. The van der Waals surface area contributed by atoms with E-state index in [1.807, 2.05) is 11.8 Å². The van der Waals surface area contributed by atoms with Crippen LogP contribution >= 0.6 is 11.8 Å². The molecule has 12 heavy (non-hydrogen) atoms. The molecule has 0 radical (unpaired) electrons. The molecule has 0 aromatic carbocycles. The topological polar surface area (TPSA) is 3.24 Å².